The van der Waals surface area contributed by atoms with Crippen LogP contribution in [0.25, 0.3) is 0 Å². The fourth-order valence-electron chi connectivity index (χ4n) is 5.47. The minimum atomic E-state index is -0.273. The Labute approximate surface area is 251 Å². The highest BCUT2D eigenvalue weighted by Crippen LogP contribution is 2.33. The first-order valence-corrected chi connectivity index (χ1v) is 14.7. The van der Waals surface area contributed by atoms with Crippen LogP contribution in [0.15, 0.2) is 48.8 Å². The fourth-order valence-corrected chi connectivity index (χ4v) is 5.47. The summed E-state index contributed by atoms with van der Waals surface area (Å²) in [7, 11) is 3.18. The average Bonchev–Trinajstić information content (AvgIpc) is 3.62. The molecule has 43 heavy (non-hydrogen) atoms. The Hall–Kier alpha value is -4.00. The molecule has 2 aliphatic heterocycles. The molecule has 0 aliphatic carbocycles. The number of nitrogens with zero attached hydrogens (tertiary/aromatic N) is 5. The molecule has 1 aromatic heterocycles. The molecule has 1 N–H and O–H groups in total. The molecule has 230 valence electrons. The summed E-state index contributed by atoms with van der Waals surface area (Å²) >= 11 is 0. The van der Waals surface area contributed by atoms with E-state index in [4.69, 9.17) is 18.9 Å². The van der Waals surface area contributed by atoms with E-state index < -0.39 is 0 Å². The highest BCUT2D eigenvalue weighted by atomic mass is 16.5. The molecule has 5 rings (SSSR count). The van der Waals surface area contributed by atoms with E-state index in [-0.39, 0.29) is 36.9 Å². The molecule has 4 bridgehead atoms. The molecule has 3 heterocycles. The standard InChI is InChI=1S/C31H40N6O6/c1-4-36-21-32-34-29(36)18-35-16-25-28(17-35)42-20-23-6-5-7-24(14-23)43-27-15-22(8-10-26(27)41-3)9-11-31(39)37(12-13-40-2)19-30(38)33-25/h5-8,10,14-15,21,25,28H,4,9,11-13,16-20H2,1-3H3,(H,33,38)/t25-,28-/m0/s1. The van der Waals surface area contributed by atoms with Crippen molar-refractivity contribution in [1.82, 2.24) is 29.9 Å². The van der Waals surface area contributed by atoms with E-state index in [1.807, 2.05) is 54.0 Å². The summed E-state index contributed by atoms with van der Waals surface area (Å²) in [6, 6.07) is 13.1. The lowest BCUT2D eigenvalue weighted by Gasteiger charge is -2.25. The Morgan fingerprint density at radius 2 is 1.95 bits per heavy atom. The molecule has 0 saturated carbocycles. The van der Waals surface area contributed by atoms with Crippen molar-refractivity contribution < 1.29 is 28.5 Å². The van der Waals surface area contributed by atoms with E-state index in [0.717, 1.165) is 23.5 Å². The van der Waals surface area contributed by atoms with Gasteiger partial charge < -0.3 is 33.7 Å². The molecule has 12 nitrogen and oxygen atoms in total. The van der Waals surface area contributed by atoms with Crippen LogP contribution in [-0.2, 0) is 45.2 Å². The molecular weight excluding hydrogens is 552 g/mol. The molecule has 1 saturated heterocycles. The van der Waals surface area contributed by atoms with Gasteiger partial charge in [0.05, 0.1) is 45.6 Å². The first-order valence-electron chi connectivity index (χ1n) is 14.7. The maximum atomic E-state index is 13.3. The van der Waals surface area contributed by atoms with E-state index in [9.17, 15) is 9.59 Å². The maximum Gasteiger partial charge on any atom is 0.239 e. The predicted molar refractivity (Wildman–Crippen MR) is 158 cm³/mol. The second-order valence-corrected chi connectivity index (χ2v) is 10.8. The molecule has 3 aromatic rings. The van der Waals surface area contributed by atoms with Gasteiger partial charge in [-0.25, -0.2) is 0 Å². The van der Waals surface area contributed by atoms with Gasteiger partial charge in [-0.15, -0.1) is 10.2 Å². The minimum absolute atomic E-state index is 0.0609. The molecule has 2 atom stereocenters. The lowest BCUT2D eigenvalue weighted by molar-refractivity contribution is -0.137. The SMILES string of the molecule is CCn1cnnc1CN1C[C@@H]2NC(=O)CN(CCOC)C(=O)CCc3ccc(OC)c(c3)Oc3cccc(c3)CO[C@H]2C1. The van der Waals surface area contributed by atoms with Crippen LogP contribution in [0.1, 0.15) is 30.3 Å². The number of likely N-dealkylation sites (tertiary alicyclic amines) is 1. The first kappa shape index (κ1) is 30.5. The molecule has 12 heteroatoms. The Morgan fingerprint density at radius 1 is 1.07 bits per heavy atom. The summed E-state index contributed by atoms with van der Waals surface area (Å²) in [5.41, 5.74) is 1.87. The van der Waals surface area contributed by atoms with Gasteiger partial charge in [0.25, 0.3) is 0 Å². The molecule has 0 unspecified atom stereocenters. The quantitative estimate of drug-likeness (QED) is 0.441. The van der Waals surface area contributed by atoms with E-state index >= 15 is 0 Å². The average molecular weight is 593 g/mol. The lowest BCUT2D eigenvalue weighted by Crippen LogP contribution is -2.49. The normalized spacial score (nSPS) is 20.1. The van der Waals surface area contributed by atoms with Gasteiger partial charge in [-0.05, 0) is 48.7 Å². The number of aromatic nitrogens is 3. The van der Waals surface area contributed by atoms with Gasteiger partial charge in [0.2, 0.25) is 11.8 Å². The summed E-state index contributed by atoms with van der Waals surface area (Å²) in [5, 5.41) is 11.5. The number of nitrogens with one attached hydrogen (secondary N) is 1. The zero-order valence-corrected chi connectivity index (χ0v) is 25.0. The van der Waals surface area contributed by atoms with Gasteiger partial charge in [0, 0.05) is 39.7 Å². The number of hydrogen-bond acceptors (Lipinski definition) is 9. The van der Waals surface area contributed by atoms with Crippen LogP contribution in [0.2, 0.25) is 0 Å². The topological polar surface area (TPSA) is 120 Å². The number of amides is 2. The van der Waals surface area contributed by atoms with Crippen LogP contribution in [0.4, 0.5) is 0 Å². The number of carbonyl (C=O) groups excluding carboxylic acids is 2. The zero-order chi connectivity index (χ0) is 30.2. The predicted octanol–water partition coefficient (Wildman–Crippen LogP) is 2.41. The van der Waals surface area contributed by atoms with E-state index in [1.165, 1.54) is 0 Å². The summed E-state index contributed by atoms with van der Waals surface area (Å²) in [5.74, 6) is 2.31. The zero-order valence-electron chi connectivity index (χ0n) is 25.0. The molecule has 1 fully saturated rings. The summed E-state index contributed by atoms with van der Waals surface area (Å²) in [4.78, 5) is 30.4. The molecule has 0 spiro atoms. The van der Waals surface area contributed by atoms with Gasteiger partial charge in [-0.2, -0.15) is 0 Å². The van der Waals surface area contributed by atoms with Crippen LogP contribution in [0.3, 0.4) is 0 Å². The number of carbonyl (C=O) groups is 2. The van der Waals surface area contributed by atoms with Crippen molar-refractivity contribution in [3.05, 3.63) is 65.7 Å². The van der Waals surface area contributed by atoms with Crippen molar-refractivity contribution >= 4 is 11.8 Å². The van der Waals surface area contributed by atoms with Crippen molar-refractivity contribution in [1.29, 1.82) is 0 Å². The van der Waals surface area contributed by atoms with Crippen LogP contribution in [0, 0.1) is 0 Å². The second-order valence-electron chi connectivity index (χ2n) is 10.8. The third-order valence-electron chi connectivity index (χ3n) is 7.79. The van der Waals surface area contributed by atoms with Crippen molar-refractivity contribution in [3.63, 3.8) is 0 Å². The monoisotopic (exact) mass is 592 g/mol. The summed E-state index contributed by atoms with van der Waals surface area (Å²) in [6.07, 6.45) is 2.17. The molecule has 2 aromatic carbocycles. The highest BCUT2D eigenvalue weighted by Gasteiger charge is 2.35. The Bertz CT molecular complexity index is 1400. The van der Waals surface area contributed by atoms with E-state index in [2.05, 4.69) is 20.4 Å². The molecule has 2 aliphatic rings. The van der Waals surface area contributed by atoms with Crippen LogP contribution >= 0.6 is 0 Å². The largest absolute Gasteiger partial charge is 0.493 e. The summed E-state index contributed by atoms with van der Waals surface area (Å²) < 4.78 is 25.5. The smallest absolute Gasteiger partial charge is 0.239 e. The molecular formula is C31H40N6O6. The Kier molecular flexibility index (Phi) is 10.2. The Morgan fingerprint density at radius 3 is 2.77 bits per heavy atom. The van der Waals surface area contributed by atoms with Crippen LogP contribution in [-0.4, -0.2) is 95.5 Å². The van der Waals surface area contributed by atoms with Gasteiger partial charge in [0.1, 0.15) is 17.9 Å². The van der Waals surface area contributed by atoms with E-state index in [0.29, 0.717) is 63.1 Å². The third-order valence-corrected chi connectivity index (χ3v) is 7.79. The van der Waals surface area contributed by atoms with Gasteiger partial charge >= 0.3 is 0 Å². The van der Waals surface area contributed by atoms with E-state index in [1.54, 1.807) is 25.4 Å². The Balaban J connectivity index is 1.40. The van der Waals surface area contributed by atoms with Gasteiger partial charge in [-0.3, -0.25) is 14.5 Å². The number of rotatable bonds is 7. The number of benzene rings is 2. The maximum absolute atomic E-state index is 13.3. The lowest BCUT2D eigenvalue weighted by atomic mass is 10.1. The number of methoxy groups -OCH3 is 2. The fraction of sp³-hybridized carbons (Fsp3) is 0.484. The van der Waals surface area contributed by atoms with Crippen LogP contribution < -0.4 is 14.8 Å². The van der Waals surface area contributed by atoms with Crippen LogP contribution in [0.5, 0.6) is 17.2 Å². The second kappa shape index (κ2) is 14.5. The van der Waals surface area contributed by atoms with Crippen molar-refractivity contribution in [3.8, 4) is 17.2 Å². The third kappa shape index (κ3) is 7.89. The minimum Gasteiger partial charge on any atom is -0.493 e. The molecule has 0 radical (unpaired) electrons. The number of aryl methyl sites for hydroxylation is 2. The number of ether oxygens (including phenoxy) is 4. The van der Waals surface area contributed by atoms with Crippen molar-refractivity contribution in [2.45, 2.75) is 51.6 Å². The van der Waals surface area contributed by atoms with Gasteiger partial charge in [-0.1, -0.05) is 18.2 Å². The number of hydrogen-bond donors (Lipinski definition) is 1. The summed E-state index contributed by atoms with van der Waals surface area (Å²) in [6.45, 7) is 5.52. The highest BCUT2D eigenvalue weighted by molar-refractivity contribution is 5.85. The first-order chi connectivity index (χ1) is 20.9. The number of fused-ring (bicyclic) bond motifs is 5. The molecule has 2 amide bonds. The van der Waals surface area contributed by atoms with Crippen molar-refractivity contribution in [2.24, 2.45) is 0 Å². The van der Waals surface area contributed by atoms with Crippen molar-refractivity contribution in [2.75, 3.05) is 47.0 Å². The van der Waals surface area contributed by atoms with Gasteiger partial charge in [0.15, 0.2) is 11.5 Å².